The third-order valence-electron chi connectivity index (χ3n) is 8.06. The quantitative estimate of drug-likeness (QED) is 0.300. The average molecular weight is 575 g/mol. The Balaban J connectivity index is 1.09. The van der Waals surface area contributed by atoms with E-state index in [2.05, 4.69) is 26.4 Å². The summed E-state index contributed by atoms with van der Waals surface area (Å²) in [5.74, 6) is 1.80. The zero-order chi connectivity index (χ0) is 29.2. The molecule has 2 saturated heterocycles. The number of nitrogens with zero attached hydrogens (tertiary/aromatic N) is 5. The van der Waals surface area contributed by atoms with Gasteiger partial charge >= 0.3 is 0 Å². The second-order valence-electron chi connectivity index (χ2n) is 11.1. The molecule has 0 aliphatic carbocycles. The van der Waals surface area contributed by atoms with Gasteiger partial charge < -0.3 is 24.5 Å². The zero-order valence-electron chi connectivity index (χ0n) is 23.8. The van der Waals surface area contributed by atoms with Crippen molar-refractivity contribution in [1.29, 1.82) is 0 Å². The van der Waals surface area contributed by atoms with Gasteiger partial charge in [0, 0.05) is 37.0 Å². The van der Waals surface area contributed by atoms with Crippen LogP contribution in [0.5, 0.6) is 11.6 Å². The van der Waals surface area contributed by atoms with Crippen LogP contribution in [0.3, 0.4) is 0 Å². The van der Waals surface area contributed by atoms with Crippen LogP contribution in [0.4, 0.5) is 4.39 Å². The van der Waals surface area contributed by atoms with Crippen LogP contribution in [0.25, 0.3) is 11.0 Å². The lowest BCUT2D eigenvalue weighted by atomic mass is 10.0. The van der Waals surface area contributed by atoms with Crippen LogP contribution >= 0.6 is 0 Å². The Kier molecular flexibility index (Phi) is 8.03. The Morgan fingerprint density at radius 1 is 1.17 bits per heavy atom. The average Bonchev–Trinajstić information content (AvgIpc) is 3.28. The number of halogens is 1. The number of fused-ring (bicyclic) bond motifs is 1. The van der Waals surface area contributed by atoms with Gasteiger partial charge in [0.05, 0.1) is 30.2 Å². The van der Waals surface area contributed by atoms with E-state index in [4.69, 9.17) is 24.9 Å². The minimum Gasteiger partial charge on any atom is -0.485 e. The fourth-order valence-corrected chi connectivity index (χ4v) is 5.59. The van der Waals surface area contributed by atoms with Gasteiger partial charge in [0.25, 0.3) is 0 Å². The Labute approximate surface area is 243 Å². The summed E-state index contributed by atoms with van der Waals surface area (Å²) < 4.78 is 33.4. The van der Waals surface area contributed by atoms with Gasteiger partial charge in [-0.25, -0.2) is 14.4 Å². The maximum absolute atomic E-state index is 13.4. The fraction of sp³-hybridized carbons (Fsp3) is 0.419. The second-order valence-corrected chi connectivity index (χ2v) is 11.1. The summed E-state index contributed by atoms with van der Waals surface area (Å²) in [7, 11) is 0. The van der Waals surface area contributed by atoms with E-state index in [1.165, 1.54) is 12.1 Å². The molecular weight excluding hydrogens is 539 g/mol. The minimum absolute atomic E-state index is 0.0135. The zero-order valence-corrected chi connectivity index (χ0v) is 23.8. The fourth-order valence-electron chi connectivity index (χ4n) is 5.59. The van der Waals surface area contributed by atoms with Crippen LogP contribution in [0, 0.1) is 12.7 Å². The molecule has 2 fully saturated rings. The number of imidazole rings is 1. The first-order chi connectivity index (χ1) is 20.3. The molecule has 2 aromatic carbocycles. The van der Waals surface area contributed by atoms with Crippen LogP contribution in [0.1, 0.15) is 53.8 Å². The van der Waals surface area contributed by atoms with Crippen molar-refractivity contribution in [2.45, 2.75) is 71.1 Å². The van der Waals surface area contributed by atoms with Gasteiger partial charge in [-0.2, -0.15) is 4.98 Å². The number of rotatable bonds is 10. The number of aromatic nitrogens is 4. The summed E-state index contributed by atoms with van der Waals surface area (Å²) in [6.45, 7) is 7.15. The third kappa shape index (κ3) is 6.22. The number of carbonyl (C=O) groups is 1. The summed E-state index contributed by atoms with van der Waals surface area (Å²) in [5, 5.41) is 0. The number of benzene rings is 2. The molecule has 0 radical (unpaired) electrons. The molecule has 2 N–H and O–H groups in total. The number of hydrogen-bond acceptors (Lipinski definition) is 8. The largest absolute Gasteiger partial charge is 0.485 e. The summed E-state index contributed by atoms with van der Waals surface area (Å²) in [6.07, 6.45) is 4.51. The van der Waals surface area contributed by atoms with E-state index in [0.29, 0.717) is 41.7 Å². The van der Waals surface area contributed by atoms with Gasteiger partial charge in [0.1, 0.15) is 30.1 Å². The van der Waals surface area contributed by atoms with Gasteiger partial charge in [-0.15, -0.1) is 0 Å². The molecule has 0 saturated carbocycles. The Hall–Kier alpha value is -4.09. The van der Waals surface area contributed by atoms with Gasteiger partial charge in [0.15, 0.2) is 5.82 Å². The van der Waals surface area contributed by atoms with E-state index >= 15 is 0 Å². The molecule has 2 aliphatic rings. The lowest BCUT2D eigenvalue weighted by Crippen LogP contribution is -2.44. The molecular formula is C31H35FN6O4. The van der Waals surface area contributed by atoms with Crippen molar-refractivity contribution in [3.05, 3.63) is 77.3 Å². The molecule has 220 valence electrons. The number of likely N-dealkylation sites (tertiary alicyclic amines) is 1. The lowest BCUT2D eigenvalue weighted by Gasteiger charge is -2.37. The topological polar surface area (TPSA) is 118 Å². The first-order valence-corrected chi connectivity index (χ1v) is 14.3. The SMILES string of the molecule is Cc1cc(F)ccc1OCc1nccc(O[C@H]2CCN(Cc3nc4ccc(C(N)=O)cc4n3C[C@@H]3CCO3)[C@@H](C)C2)n1. The maximum Gasteiger partial charge on any atom is 0.248 e. The minimum atomic E-state index is -0.451. The van der Waals surface area contributed by atoms with Gasteiger partial charge in [-0.05, 0) is 75.1 Å². The smallest absolute Gasteiger partial charge is 0.248 e. The molecule has 6 rings (SSSR count). The molecule has 10 nitrogen and oxygen atoms in total. The Bertz CT molecular complexity index is 1590. The van der Waals surface area contributed by atoms with Crippen molar-refractivity contribution in [1.82, 2.24) is 24.4 Å². The summed E-state index contributed by atoms with van der Waals surface area (Å²) >= 11 is 0. The molecule has 3 atom stereocenters. The van der Waals surface area contributed by atoms with Crippen LogP contribution in [0.2, 0.25) is 0 Å². The highest BCUT2D eigenvalue weighted by Crippen LogP contribution is 2.27. The molecule has 42 heavy (non-hydrogen) atoms. The van der Waals surface area contributed by atoms with E-state index in [0.717, 1.165) is 49.3 Å². The van der Waals surface area contributed by atoms with Crippen LogP contribution in [0.15, 0.2) is 48.7 Å². The predicted octanol–water partition coefficient (Wildman–Crippen LogP) is 4.17. The Morgan fingerprint density at radius 2 is 2.02 bits per heavy atom. The molecule has 2 aliphatic heterocycles. The molecule has 1 amide bonds. The molecule has 0 spiro atoms. The van der Waals surface area contributed by atoms with Gasteiger partial charge in [-0.1, -0.05) is 0 Å². The van der Waals surface area contributed by atoms with Crippen molar-refractivity contribution >= 4 is 16.9 Å². The van der Waals surface area contributed by atoms with E-state index in [1.54, 1.807) is 31.3 Å². The van der Waals surface area contributed by atoms with Crippen molar-refractivity contribution in [3.63, 3.8) is 0 Å². The highest BCUT2D eigenvalue weighted by Gasteiger charge is 2.29. The van der Waals surface area contributed by atoms with Gasteiger partial charge in [0.2, 0.25) is 11.8 Å². The van der Waals surface area contributed by atoms with Crippen LogP contribution in [-0.4, -0.2) is 61.7 Å². The Morgan fingerprint density at radius 3 is 2.76 bits per heavy atom. The molecule has 0 unspecified atom stereocenters. The molecule has 11 heteroatoms. The number of ether oxygens (including phenoxy) is 3. The van der Waals surface area contributed by atoms with E-state index in [9.17, 15) is 9.18 Å². The second kappa shape index (κ2) is 12.0. The van der Waals surface area contributed by atoms with Gasteiger partial charge in [-0.3, -0.25) is 9.69 Å². The number of piperidine rings is 1. The molecule has 0 bridgehead atoms. The highest BCUT2D eigenvalue weighted by molar-refractivity contribution is 5.96. The standard InChI is InChI=1S/C31H35FN6O4/c1-19-13-22(32)4-6-27(19)41-18-28-34-10-7-30(36-28)42-23-8-11-37(20(2)14-23)17-29-35-25-5-3-21(31(33)39)15-26(25)38(29)16-24-9-12-40-24/h3-7,10,13,15,20,23-24H,8-9,11-12,14,16-18H2,1-2H3,(H2,33,39)/t20-,23-,24-/m0/s1. The first-order valence-electron chi connectivity index (χ1n) is 14.3. The summed E-state index contributed by atoms with van der Waals surface area (Å²) in [6, 6.07) is 11.8. The first kappa shape index (κ1) is 28.0. The monoisotopic (exact) mass is 574 g/mol. The summed E-state index contributed by atoms with van der Waals surface area (Å²) in [5.41, 5.74) is 8.49. The number of nitrogens with two attached hydrogens (primary N) is 1. The number of aryl methyl sites for hydroxylation is 1. The highest BCUT2D eigenvalue weighted by atomic mass is 19.1. The van der Waals surface area contributed by atoms with Crippen LogP contribution < -0.4 is 15.2 Å². The summed E-state index contributed by atoms with van der Waals surface area (Å²) in [4.78, 5) is 28.0. The van der Waals surface area contributed by atoms with E-state index in [1.807, 2.05) is 12.1 Å². The van der Waals surface area contributed by atoms with Crippen molar-refractivity contribution in [3.8, 4) is 11.6 Å². The molecule has 4 aromatic rings. The number of primary amides is 1. The molecule has 2 aromatic heterocycles. The number of hydrogen-bond donors (Lipinski definition) is 1. The van der Waals surface area contributed by atoms with Crippen LogP contribution in [-0.2, 0) is 24.4 Å². The normalized spacial score (nSPS) is 20.8. The lowest BCUT2D eigenvalue weighted by molar-refractivity contribution is -0.0593. The predicted molar refractivity (Wildman–Crippen MR) is 154 cm³/mol. The van der Waals surface area contributed by atoms with E-state index in [-0.39, 0.29) is 30.7 Å². The van der Waals surface area contributed by atoms with E-state index < -0.39 is 5.91 Å². The number of carbonyl (C=O) groups excluding carboxylic acids is 1. The van der Waals surface area contributed by atoms with Crippen molar-refractivity contribution < 1.29 is 23.4 Å². The maximum atomic E-state index is 13.4. The van der Waals surface area contributed by atoms with Crippen molar-refractivity contribution in [2.24, 2.45) is 5.73 Å². The third-order valence-corrected chi connectivity index (χ3v) is 8.06. The molecule has 4 heterocycles. The number of amides is 1. The van der Waals surface area contributed by atoms with Crippen molar-refractivity contribution in [2.75, 3.05) is 13.2 Å².